The van der Waals surface area contributed by atoms with Gasteiger partial charge in [0.2, 0.25) is 5.82 Å². The molecule has 5 rings (SSSR count). The highest BCUT2D eigenvalue weighted by Gasteiger charge is 2.20. The van der Waals surface area contributed by atoms with E-state index < -0.39 is 0 Å². The van der Waals surface area contributed by atoms with Crippen molar-refractivity contribution in [3.8, 4) is 22.8 Å². The van der Waals surface area contributed by atoms with Crippen LogP contribution in [0.3, 0.4) is 0 Å². The smallest absolute Gasteiger partial charge is 0.258 e. The summed E-state index contributed by atoms with van der Waals surface area (Å²) >= 11 is 0. The van der Waals surface area contributed by atoms with Gasteiger partial charge in [-0.25, -0.2) is 0 Å². The first kappa shape index (κ1) is 18.9. The van der Waals surface area contributed by atoms with Crippen molar-refractivity contribution in [3.63, 3.8) is 0 Å². The Bertz CT molecular complexity index is 1130. The standard InChI is InChI=1S/C22H25N7O/c1-16(2)28-12-10-27(11-13-28)15-20-25-24-19-14-18(8-9-29(19)20)22-23-21(26-30-22)17-6-4-3-5-7-17/h3-9,14,16H,10-13,15H2,1-2H3. The Morgan fingerprint density at radius 2 is 1.77 bits per heavy atom. The normalized spacial score (nSPS) is 16.0. The van der Waals surface area contributed by atoms with Gasteiger partial charge in [-0.15, -0.1) is 10.2 Å². The third-order valence-corrected chi connectivity index (χ3v) is 5.69. The Morgan fingerprint density at radius 3 is 2.53 bits per heavy atom. The fourth-order valence-corrected chi connectivity index (χ4v) is 3.86. The Morgan fingerprint density at radius 1 is 0.967 bits per heavy atom. The summed E-state index contributed by atoms with van der Waals surface area (Å²) in [5.74, 6) is 2.00. The van der Waals surface area contributed by atoms with Crippen LogP contribution in [0, 0.1) is 0 Å². The number of piperazine rings is 1. The van der Waals surface area contributed by atoms with E-state index in [0.717, 1.165) is 55.3 Å². The van der Waals surface area contributed by atoms with Gasteiger partial charge in [0.25, 0.3) is 5.89 Å². The molecule has 4 aromatic rings. The molecule has 0 spiro atoms. The van der Waals surface area contributed by atoms with E-state index in [1.54, 1.807) is 0 Å². The molecule has 1 aliphatic heterocycles. The van der Waals surface area contributed by atoms with Gasteiger partial charge < -0.3 is 4.52 Å². The van der Waals surface area contributed by atoms with Crippen molar-refractivity contribution in [2.75, 3.05) is 26.2 Å². The summed E-state index contributed by atoms with van der Waals surface area (Å²) in [5.41, 5.74) is 2.54. The predicted octanol–water partition coefficient (Wildman–Crippen LogP) is 2.97. The number of benzene rings is 1. The quantitative estimate of drug-likeness (QED) is 0.507. The van der Waals surface area contributed by atoms with Crippen LogP contribution in [0.5, 0.6) is 0 Å². The summed E-state index contributed by atoms with van der Waals surface area (Å²) in [7, 11) is 0. The molecule has 8 nitrogen and oxygen atoms in total. The molecule has 3 aromatic heterocycles. The van der Waals surface area contributed by atoms with Gasteiger partial charge in [-0.3, -0.25) is 14.2 Å². The van der Waals surface area contributed by atoms with Crippen molar-refractivity contribution >= 4 is 5.65 Å². The van der Waals surface area contributed by atoms with Gasteiger partial charge in [0, 0.05) is 49.5 Å². The number of rotatable bonds is 5. The number of aromatic nitrogens is 5. The van der Waals surface area contributed by atoms with E-state index in [9.17, 15) is 0 Å². The maximum atomic E-state index is 5.48. The molecule has 0 unspecified atom stereocenters. The topological polar surface area (TPSA) is 75.6 Å². The van der Waals surface area contributed by atoms with Gasteiger partial charge >= 0.3 is 0 Å². The van der Waals surface area contributed by atoms with Gasteiger partial charge in [-0.05, 0) is 26.0 Å². The molecule has 0 aliphatic carbocycles. The first-order chi connectivity index (χ1) is 14.7. The first-order valence-corrected chi connectivity index (χ1v) is 10.4. The minimum atomic E-state index is 0.478. The second-order valence-electron chi connectivity index (χ2n) is 7.95. The minimum Gasteiger partial charge on any atom is -0.334 e. The summed E-state index contributed by atoms with van der Waals surface area (Å²) in [4.78, 5) is 9.48. The second-order valence-corrected chi connectivity index (χ2v) is 7.95. The van der Waals surface area contributed by atoms with Crippen molar-refractivity contribution in [2.24, 2.45) is 0 Å². The lowest BCUT2D eigenvalue weighted by molar-refractivity contribution is 0.102. The van der Waals surface area contributed by atoms with Crippen LogP contribution >= 0.6 is 0 Å². The molecule has 1 aliphatic rings. The molecule has 0 radical (unpaired) electrons. The maximum absolute atomic E-state index is 5.48. The minimum absolute atomic E-state index is 0.478. The fraction of sp³-hybridized carbons (Fsp3) is 0.364. The number of nitrogens with zero attached hydrogens (tertiary/aromatic N) is 7. The van der Waals surface area contributed by atoms with E-state index in [1.807, 2.05) is 53.1 Å². The van der Waals surface area contributed by atoms with Crippen LogP contribution in [0.4, 0.5) is 0 Å². The van der Waals surface area contributed by atoms with Crippen LogP contribution in [-0.2, 0) is 6.54 Å². The average molecular weight is 403 g/mol. The number of hydrogen-bond donors (Lipinski definition) is 0. The highest BCUT2D eigenvalue weighted by molar-refractivity contribution is 5.62. The van der Waals surface area contributed by atoms with E-state index in [2.05, 4.69) is 44.0 Å². The molecule has 154 valence electrons. The lowest BCUT2D eigenvalue weighted by Gasteiger charge is -2.36. The van der Waals surface area contributed by atoms with Crippen molar-refractivity contribution < 1.29 is 4.52 Å². The fourth-order valence-electron chi connectivity index (χ4n) is 3.86. The van der Waals surface area contributed by atoms with Crippen molar-refractivity contribution in [1.82, 2.24) is 34.5 Å². The zero-order valence-electron chi connectivity index (χ0n) is 17.3. The van der Waals surface area contributed by atoms with Crippen molar-refractivity contribution in [1.29, 1.82) is 0 Å². The molecule has 8 heteroatoms. The molecule has 0 saturated carbocycles. The Kier molecular flexibility index (Phi) is 5.02. The van der Waals surface area contributed by atoms with Gasteiger partial charge in [-0.1, -0.05) is 35.5 Å². The Balaban J connectivity index is 1.33. The lowest BCUT2D eigenvalue weighted by atomic mass is 10.2. The Labute approximate surface area is 175 Å². The van der Waals surface area contributed by atoms with Crippen LogP contribution in [0.2, 0.25) is 0 Å². The predicted molar refractivity (Wildman–Crippen MR) is 114 cm³/mol. The number of pyridine rings is 1. The van der Waals surface area contributed by atoms with E-state index >= 15 is 0 Å². The molecule has 0 amide bonds. The zero-order valence-corrected chi connectivity index (χ0v) is 17.3. The van der Waals surface area contributed by atoms with E-state index in [-0.39, 0.29) is 0 Å². The highest BCUT2D eigenvalue weighted by atomic mass is 16.5. The monoisotopic (exact) mass is 403 g/mol. The van der Waals surface area contributed by atoms with Crippen LogP contribution in [0.1, 0.15) is 19.7 Å². The summed E-state index contributed by atoms with van der Waals surface area (Å²) < 4.78 is 7.51. The van der Waals surface area contributed by atoms with Crippen LogP contribution in [-0.4, -0.2) is 66.8 Å². The molecular weight excluding hydrogens is 378 g/mol. The number of hydrogen-bond acceptors (Lipinski definition) is 7. The van der Waals surface area contributed by atoms with Crippen LogP contribution < -0.4 is 0 Å². The molecule has 1 saturated heterocycles. The van der Waals surface area contributed by atoms with Crippen molar-refractivity contribution in [3.05, 3.63) is 54.5 Å². The third-order valence-electron chi connectivity index (χ3n) is 5.69. The van der Waals surface area contributed by atoms with Gasteiger partial charge in [0.1, 0.15) is 0 Å². The van der Waals surface area contributed by atoms with E-state index in [4.69, 9.17) is 4.52 Å². The Hall–Kier alpha value is -3.10. The van der Waals surface area contributed by atoms with Crippen molar-refractivity contribution in [2.45, 2.75) is 26.4 Å². The van der Waals surface area contributed by atoms with Crippen LogP contribution in [0.25, 0.3) is 28.5 Å². The van der Waals surface area contributed by atoms with E-state index in [0.29, 0.717) is 17.8 Å². The maximum Gasteiger partial charge on any atom is 0.258 e. The highest BCUT2D eigenvalue weighted by Crippen LogP contribution is 2.23. The summed E-state index contributed by atoms with van der Waals surface area (Å²) in [6.07, 6.45) is 1.98. The second kappa shape index (κ2) is 7.97. The molecule has 0 N–H and O–H groups in total. The average Bonchev–Trinajstić information content (AvgIpc) is 3.42. The van der Waals surface area contributed by atoms with E-state index in [1.165, 1.54) is 0 Å². The SMILES string of the molecule is CC(C)N1CCN(Cc2nnc3cc(-c4nc(-c5ccccc5)no4)ccn23)CC1. The first-order valence-electron chi connectivity index (χ1n) is 10.4. The summed E-state index contributed by atoms with van der Waals surface area (Å²) in [6.45, 7) is 9.60. The zero-order chi connectivity index (χ0) is 20.5. The van der Waals surface area contributed by atoms with Gasteiger partial charge in [0.15, 0.2) is 11.5 Å². The van der Waals surface area contributed by atoms with Crippen LogP contribution in [0.15, 0.2) is 53.2 Å². The molecular formula is C22H25N7O. The molecule has 1 aromatic carbocycles. The van der Waals surface area contributed by atoms with Gasteiger partial charge in [-0.2, -0.15) is 4.98 Å². The summed E-state index contributed by atoms with van der Waals surface area (Å²) in [6, 6.07) is 14.3. The lowest BCUT2D eigenvalue weighted by Crippen LogP contribution is -2.48. The number of fused-ring (bicyclic) bond motifs is 1. The molecule has 0 atom stereocenters. The molecule has 30 heavy (non-hydrogen) atoms. The summed E-state index contributed by atoms with van der Waals surface area (Å²) in [5, 5.41) is 12.9. The van der Waals surface area contributed by atoms with Gasteiger partial charge in [0.05, 0.1) is 6.54 Å². The largest absolute Gasteiger partial charge is 0.334 e. The molecule has 1 fully saturated rings. The molecule has 0 bridgehead atoms. The third kappa shape index (κ3) is 3.71. The molecule has 4 heterocycles.